The van der Waals surface area contributed by atoms with Crippen LogP contribution >= 0.6 is 11.6 Å². The lowest BCUT2D eigenvalue weighted by Crippen LogP contribution is -2.32. The molecular weight excluding hydrogens is 286 g/mol. The van der Waals surface area contributed by atoms with E-state index in [4.69, 9.17) is 27.2 Å². The van der Waals surface area contributed by atoms with Gasteiger partial charge in [0.05, 0.1) is 19.0 Å². The molecule has 3 atom stereocenters. The summed E-state index contributed by atoms with van der Waals surface area (Å²) in [4.78, 5) is 12.0. The van der Waals surface area contributed by atoms with E-state index in [9.17, 15) is 5.11 Å². The summed E-state index contributed by atoms with van der Waals surface area (Å²) in [6.07, 6.45) is -0.539. The van der Waals surface area contributed by atoms with Crippen molar-refractivity contribution in [3.8, 4) is 0 Å². The zero-order valence-electron chi connectivity index (χ0n) is 11.1. The number of hydrogen-bond acceptors (Lipinski definition) is 7. The lowest BCUT2D eigenvalue weighted by Gasteiger charge is -2.23. The highest BCUT2D eigenvalue weighted by Gasteiger charge is 2.21. The van der Waals surface area contributed by atoms with Crippen molar-refractivity contribution < 1.29 is 14.9 Å². The minimum absolute atomic E-state index is 0.0122. The maximum Gasteiger partial charge on any atom is 0.226 e. The number of hydrogen-bond donors (Lipinski definition) is 3. The van der Waals surface area contributed by atoms with Crippen molar-refractivity contribution in [2.24, 2.45) is 0 Å². The fourth-order valence-corrected chi connectivity index (χ4v) is 1.98. The standard InChI is InChI=1S/C11H16ClN5O3/c1-5(19)7(3-18)20-6(2)17-4-14-8-9(13)15-11(12)16-10(8)17/h4-7,18-19H,3H2,1-2H3,(H2,13,15,16)/t5?,6?,7-/m1/s1. The molecule has 0 aliphatic heterocycles. The first-order valence-electron chi connectivity index (χ1n) is 6.04. The second-order valence-corrected chi connectivity index (χ2v) is 4.74. The molecule has 0 bridgehead atoms. The number of nitrogens with two attached hydrogens (primary N) is 1. The normalized spacial score (nSPS) is 16.2. The van der Waals surface area contributed by atoms with Crippen molar-refractivity contribution in [2.45, 2.75) is 32.3 Å². The number of aliphatic hydroxyl groups excluding tert-OH is 2. The molecule has 0 saturated carbocycles. The predicted molar refractivity (Wildman–Crippen MR) is 73.1 cm³/mol. The third-order valence-corrected chi connectivity index (χ3v) is 3.07. The Morgan fingerprint density at radius 2 is 2.15 bits per heavy atom. The van der Waals surface area contributed by atoms with Crippen molar-refractivity contribution in [3.63, 3.8) is 0 Å². The number of nitrogen functional groups attached to an aromatic ring is 1. The number of anilines is 1. The van der Waals surface area contributed by atoms with E-state index in [1.54, 1.807) is 11.5 Å². The molecule has 0 saturated heterocycles. The molecule has 110 valence electrons. The zero-order valence-corrected chi connectivity index (χ0v) is 11.8. The van der Waals surface area contributed by atoms with E-state index in [1.807, 2.05) is 0 Å². The average molecular weight is 302 g/mol. The van der Waals surface area contributed by atoms with E-state index in [0.717, 1.165) is 0 Å². The van der Waals surface area contributed by atoms with Crippen LogP contribution in [0.25, 0.3) is 11.2 Å². The van der Waals surface area contributed by atoms with E-state index in [-0.39, 0.29) is 17.7 Å². The van der Waals surface area contributed by atoms with E-state index in [0.29, 0.717) is 11.2 Å². The topological polar surface area (TPSA) is 119 Å². The molecule has 9 heteroatoms. The molecule has 2 unspecified atom stereocenters. The number of fused-ring (bicyclic) bond motifs is 1. The van der Waals surface area contributed by atoms with Gasteiger partial charge in [0.25, 0.3) is 0 Å². The molecule has 20 heavy (non-hydrogen) atoms. The SMILES string of the molecule is CC(O)[C@@H](CO)OC(C)n1cnc2c(N)nc(Cl)nc21. The van der Waals surface area contributed by atoms with E-state index < -0.39 is 18.4 Å². The molecular formula is C11H16ClN5O3. The molecule has 2 rings (SSSR count). The third-order valence-electron chi connectivity index (χ3n) is 2.90. The summed E-state index contributed by atoms with van der Waals surface area (Å²) in [5.74, 6) is 0.181. The molecule has 4 N–H and O–H groups in total. The van der Waals surface area contributed by atoms with Gasteiger partial charge in [0.15, 0.2) is 11.5 Å². The van der Waals surface area contributed by atoms with Crippen LogP contribution in [0, 0.1) is 0 Å². The Kier molecular flexibility index (Phi) is 4.39. The highest BCUT2D eigenvalue weighted by atomic mass is 35.5. The summed E-state index contributed by atoms with van der Waals surface area (Å²) in [5.41, 5.74) is 6.56. The van der Waals surface area contributed by atoms with Crippen LogP contribution in [0.15, 0.2) is 6.33 Å². The Labute approximate surface area is 120 Å². The van der Waals surface area contributed by atoms with Crippen molar-refractivity contribution >= 4 is 28.6 Å². The van der Waals surface area contributed by atoms with Gasteiger partial charge in [0.2, 0.25) is 5.28 Å². The number of aliphatic hydroxyl groups is 2. The summed E-state index contributed by atoms with van der Waals surface area (Å²) in [5, 5.41) is 18.7. The number of ether oxygens (including phenoxy) is 1. The number of nitrogens with zero attached hydrogens (tertiary/aromatic N) is 4. The fourth-order valence-electron chi connectivity index (χ4n) is 1.80. The Morgan fingerprint density at radius 1 is 1.45 bits per heavy atom. The molecule has 0 radical (unpaired) electrons. The van der Waals surface area contributed by atoms with Gasteiger partial charge in [-0.15, -0.1) is 0 Å². The summed E-state index contributed by atoms with van der Waals surface area (Å²) in [6.45, 7) is 2.97. The lowest BCUT2D eigenvalue weighted by atomic mass is 10.2. The molecule has 2 aromatic heterocycles. The van der Waals surface area contributed by atoms with Crippen LogP contribution in [-0.2, 0) is 4.74 Å². The molecule has 2 aromatic rings. The van der Waals surface area contributed by atoms with E-state index in [1.165, 1.54) is 13.3 Å². The first kappa shape index (κ1) is 14.9. The van der Waals surface area contributed by atoms with Crippen molar-refractivity contribution in [3.05, 3.63) is 11.6 Å². The minimum Gasteiger partial charge on any atom is -0.394 e. The van der Waals surface area contributed by atoms with Crippen LogP contribution in [0.2, 0.25) is 5.28 Å². The highest BCUT2D eigenvalue weighted by Crippen LogP contribution is 2.22. The summed E-state index contributed by atoms with van der Waals surface area (Å²) >= 11 is 5.78. The molecule has 0 fully saturated rings. The highest BCUT2D eigenvalue weighted by molar-refractivity contribution is 6.28. The van der Waals surface area contributed by atoms with Crippen LogP contribution in [0.3, 0.4) is 0 Å². The first-order valence-corrected chi connectivity index (χ1v) is 6.41. The zero-order chi connectivity index (χ0) is 14.9. The molecule has 0 aliphatic rings. The summed E-state index contributed by atoms with van der Waals surface area (Å²) < 4.78 is 7.17. The van der Waals surface area contributed by atoms with Gasteiger partial charge < -0.3 is 20.7 Å². The summed E-state index contributed by atoms with van der Waals surface area (Å²) in [7, 11) is 0. The van der Waals surface area contributed by atoms with Gasteiger partial charge in [-0.1, -0.05) is 0 Å². The molecule has 0 amide bonds. The van der Waals surface area contributed by atoms with E-state index >= 15 is 0 Å². The Hall–Kier alpha value is -1.48. The number of rotatable bonds is 5. The van der Waals surface area contributed by atoms with E-state index in [2.05, 4.69) is 15.0 Å². The second-order valence-electron chi connectivity index (χ2n) is 4.40. The number of imidazole rings is 1. The molecule has 2 heterocycles. The number of halogens is 1. The molecule has 0 spiro atoms. The molecule has 8 nitrogen and oxygen atoms in total. The second kappa shape index (κ2) is 5.88. The van der Waals surface area contributed by atoms with Crippen molar-refractivity contribution in [1.82, 2.24) is 19.5 Å². The Bertz CT molecular complexity index is 603. The first-order chi connectivity index (χ1) is 9.43. The number of aromatic nitrogens is 4. The maximum atomic E-state index is 9.48. The van der Waals surface area contributed by atoms with Crippen molar-refractivity contribution in [1.29, 1.82) is 0 Å². The van der Waals surface area contributed by atoms with Crippen LogP contribution in [-0.4, -0.2) is 48.5 Å². The van der Waals surface area contributed by atoms with Crippen molar-refractivity contribution in [2.75, 3.05) is 12.3 Å². The van der Waals surface area contributed by atoms with Gasteiger partial charge in [-0.2, -0.15) is 9.97 Å². The monoisotopic (exact) mass is 301 g/mol. The smallest absolute Gasteiger partial charge is 0.226 e. The lowest BCUT2D eigenvalue weighted by molar-refractivity contribution is -0.110. The van der Waals surface area contributed by atoms with Crippen LogP contribution < -0.4 is 5.73 Å². The Morgan fingerprint density at radius 3 is 2.75 bits per heavy atom. The predicted octanol–water partition coefficient (Wildman–Crippen LogP) is 0.339. The van der Waals surface area contributed by atoms with Gasteiger partial charge in [0, 0.05) is 0 Å². The van der Waals surface area contributed by atoms with Crippen LogP contribution in [0.5, 0.6) is 0 Å². The van der Waals surface area contributed by atoms with Gasteiger partial charge in [0.1, 0.15) is 17.8 Å². The van der Waals surface area contributed by atoms with Gasteiger partial charge in [-0.3, -0.25) is 4.57 Å². The quantitative estimate of drug-likeness (QED) is 0.681. The van der Waals surface area contributed by atoms with Crippen LogP contribution in [0.4, 0.5) is 5.82 Å². The minimum atomic E-state index is -0.805. The van der Waals surface area contributed by atoms with Gasteiger partial charge in [-0.25, -0.2) is 4.98 Å². The molecule has 0 aromatic carbocycles. The summed E-state index contributed by atoms with van der Waals surface area (Å²) in [6, 6.07) is 0. The van der Waals surface area contributed by atoms with Gasteiger partial charge in [-0.05, 0) is 25.4 Å². The Balaban J connectivity index is 2.33. The largest absolute Gasteiger partial charge is 0.394 e. The van der Waals surface area contributed by atoms with Gasteiger partial charge >= 0.3 is 0 Å². The molecule has 0 aliphatic carbocycles. The average Bonchev–Trinajstić information content (AvgIpc) is 2.79. The van der Waals surface area contributed by atoms with Crippen LogP contribution in [0.1, 0.15) is 20.1 Å². The maximum absolute atomic E-state index is 9.48. The fraction of sp³-hybridized carbons (Fsp3) is 0.545. The third kappa shape index (κ3) is 2.83.